The molecule has 0 aliphatic rings. The maximum Gasteiger partial charge on any atom is 0.170 e. The predicted octanol–water partition coefficient (Wildman–Crippen LogP) is 3.02. The third-order valence-corrected chi connectivity index (χ3v) is 2.68. The molecule has 2 rings (SSSR count). The lowest BCUT2D eigenvalue weighted by atomic mass is 10.0. The SMILES string of the molecule is COc1ccc(CC(=O)c2ccoc2C)cc1. The van der Waals surface area contributed by atoms with E-state index in [4.69, 9.17) is 9.15 Å². The minimum absolute atomic E-state index is 0.0708. The third kappa shape index (κ3) is 2.56. The van der Waals surface area contributed by atoms with Crippen LogP contribution in [-0.2, 0) is 6.42 Å². The molecule has 17 heavy (non-hydrogen) atoms. The molecule has 0 radical (unpaired) electrons. The van der Waals surface area contributed by atoms with Crippen molar-refractivity contribution in [3.8, 4) is 5.75 Å². The van der Waals surface area contributed by atoms with E-state index in [1.54, 1.807) is 20.1 Å². The number of hydrogen-bond acceptors (Lipinski definition) is 3. The zero-order chi connectivity index (χ0) is 12.3. The highest BCUT2D eigenvalue weighted by atomic mass is 16.5. The van der Waals surface area contributed by atoms with Crippen LogP contribution in [0.1, 0.15) is 21.7 Å². The van der Waals surface area contributed by atoms with Crippen molar-refractivity contribution in [3.05, 3.63) is 53.5 Å². The number of aryl methyl sites for hydroxylation is 1. The predicted molar refractivity (Wildman–Crippen MR) is 64.5 cm³/mol. The minimum atomic E-state index is 0.0708. The van der Waals surface area contributed by atoms with Gasteiger partial charge in [0.2, 0.25) is 0 Å². The maximum absolute atomic E-state index is 12.0. The highest BCUT2D eigenvalue weighted by Crippen LogP contribution is 2.15. The van der Waals surface area contributed by atoms with Crippen molar-refractivity contribution >= 4 is 5.78 Å². The number of hydrogen-bond donors (Lipinski definition) is 0. The van der Waals surface area contributed by atoms with Gasteiger partial charge in [0, 0.05) is 6.42 Å². The summed E-state index contributed by atoms with van der Waals surface area (Å²) >= 11 is 0. The zero-order valence-electron chi connectivity index (χ0n) is 9.90. The van der Waals surface area contributed by atoms with E-state index in [9.17, 15) is 4.79 Å². The first kappa shape index (κ1) is 11.5. The normalized spacial score (nSPS) is 10.2. The van der Waals surface area contributed by atoms with Gasteiger partial charge in [-0.3, -0.25) is 4.79 Å². The van der Waals surface area contributed by atoms with Crippen molar-refractivity contribution in [1.29, 1.82) is 0 Å². The average molecular weight is 230 g/mol. The van der Waals surface area contributed by atoms with Crippen LogP contribution in [0.25, 0.3) is 0 Å². The number of methoxy groups -OCH3 is 1. The molecule has 0 aliphatic heterocycles. The summed E-state index contributed by atoms with van der Waals surface area (Å²) in [5.74, 6) is 1.53. The van der Waals surface area contributed by atoms with E-state index in [2.05, 4.69) is 0 Å². The van der Waals surface area contributed by atoms with E-state index in [1.165, 1.54) is 6.26 Å². The van der Waals surface area contributed by atoms with Gasteiger partial charge in [0.15, 0.2) is 5.78 Å². The molecule has 1 aromatic carbocycles. The Hall–Kier alpha value is -2.03. The van der Waals surface area contributed by atoms with Gasteiger partial charge >= 0.3 is 0 Å². The summed E-state index contributed by atoms with van der Waals surface area (Å²) in [6.07, 6.45) is 1.92. The van der Waals surface area contributed by atoms with Crippen LogP contribution >= 0.6 is 0 Å². The van der Waals surface area contributed by atoms with Crippen LogP contribution in [0.15, 0.2) is 41.0 Å². The summed E-state index contributed by atoms with van der Waals surface area (Å²) in [6.45, 7) is 1.79. The second-order valence-electron chi connectivity index (χ2n) is 3.84. The topological polar surface area (TPSA) is 39.4 Å². The number of carbonyl (C=O) groups excluding carboxylic acids is 1. The van der Waals surface area contributed by atoms with Crippen LogP contribution < -0.4 is 4.74 Å². The molecule has 0 unspecified atom stereocenters. The molecule has 0 saturated heterocycles. The zero-order valence-corrected chi connectivity index (χ0v) is 9.90. The number of furan rings is 1. The fourth-order valence-electron chi connectivity index (χ4n) is 1.70. The van der Waals surface area contributed by atoms with Crippen molar-refractivity contribution < 1.29 is 13.9 Å². The van der Waals surface area contributed by atoms with Gasteiger partial charge in [-0.1, -0.05) is 12.1 Å². The van der Waals surface area contributed by atoms with Gasteiger partial charge in [-0.15, -0.1) is 0 Å². The fourth-order valence-corrected chi connectivity index (χ4v) is 1.70. The smallest absolute Gasteiger partial charge is 0.170 e. The van der Waals surface area contributed by atoms with Crippen LogP contribution in [0.5, 0.6) is 5.75 Å². The first-order valence-electron chi connectivity index (χ1n) is 5.41. The van der Waals surface area contributed by atoms with E-state index in [0.717, 1.165) is 11.3 Å². The molecule has 3 nitrogen and oxygen atoms in total. The second kappa shape index (κ2) is 4.87. The molecule has 0 atom stereocenters. The minimum Gasteiger partial charge on any atom is -0.497 e. The van der Waals surface area contributed by atoms with Crippen LogP contribution in [0.2, 0.25) is 0 Å². The van der Waals surface area contributed by atoms with E-state index in [0.29, 0.717) is 17.7 Å². The Morgan fingerprint density at radius 1 is 1.24 bits per heavy atom. The van der Waals surface area contributed by atoms with Crippen LogP contribution in [-0.4, -0.2) is 12.9 Å². The highest BCUT2D eigenvalue weighted by Gasteiger charge is 2.11. The molecule has 1 heterocycles. The van der Waals surface area contributed by atoms with Gasteiger partial charge in [-0.25, -0.2) is 0 Å². The van der Waals surface area contributed by atoms with Gasteiger partial charge in [-0.05, 0) is 30.7 Å². The van der Waals surface area contributed by atoms with Gasteiger partial charge < -0.3 is 9.15 Å². The summed E-state index contributed by atoms with van der Waals surface area (Å²) in [7, 11) is 1.62. The highest BCUT2D eigenvalue weighted by molar-refractivity contribution is 5.98. The number of ether oxygens (including phenoxy) is 1. The summed E-state index contributed by atoms with van der Waals surface area (Å²) in [5, 5.41) is 0. The fraction of sp³-hybridized carbons (Fsp3) is 0.214. The van der Waals surface area contributed by atoms with Crippen molar-refractivity contribution in [1.82, 2.24) is 0 Å². The van der Waals surface area contributed by atoms with Crippen molar-refractivity contribution in [3.63, 3.8) is 0 Å². The third-order valence-electron chi connectivity index (χ3n) is 2.68. The lowest BCUT2D eigenvalue weighted by Gasteiger charge is -2.02. The number of Topliss-reactive ketones (excluding diaryl/α,β-unsaturated/α-hetero) is 1. The van der Waals surface area contributed by atoms with Crippen molar-refractivity contribution in [2.45, 2.75) is 13.3 Å². The standard InChI is InChI=1S/C14H14O3/c1-10-13(7-8-17-10)14(15)9-11-3-5-12(16-2)6-4-11/h3-8H,9H2,1-2H3. The number of rotatable bonds is 4. The molecule has 0 saturated carbocycles. The molecular weight excluding hydrogens is 216 g/mol. The molecule has 0 bridgehead atoms. The molecule has 2 aromatic rings. The van der Waals surface area contributed by atoms with Gasteiger partial charge in [0.25, 0.3) is 0 Å². The summed E-state index contributed by atoms with van der Waals surface area (Å²) in [4.78, 5) is 12.0. The number of benzene rings is 1. The first-order chi connectivity index (χ1) is 8.20. The van der Waals surface area contributed by atoms with Crippen molar-refractivity contribution in [2.24, 2.45) is 0 Å². The summed E-state index contributed by atoms with van der Waals surface area (Å²) in [6, 6.07) is 9.20. The number of ketones is 1. The van der Waals surface area contributed by atoms with E-state index < -0.39 is 0 Å². The van der Waals surface area contributed by atoms with Crippen molar-refractivity contribution in [2.75, 3.05) is 7.11 Å². The number of carbonyl (C=O) groups is 1. The molecule has 1 aromatic heterocycles. The molecule has 0 N–H and O–H groups in total. The summed E-state index contributed by atoms with van der Waals surface area (Å²) in [5.41, 5.74) is 1.62. The van der Waals surface area contributed by atoms with Crippen LogP contribution in [0, 0.1) is 6.92 Å². The Kier molecular flexibility index (Phi) is 3.28. The second-order valence-corrected chi connectivity index (χ2v) is 3.84. The largest absolute Gasteiger partial charge is 0.497 e. The molecule has 88 valence electrons. The van der Waals surface area contributed by atoms with Crippen LogP contribution in [0.3, 0.4) is 0 Å². The van der Waals surface area contributed by atoms with Gasteiger partial charge in [0.05, 0.1) is 18.9 Å². The Morgan fingerprint density at radius 2 is 1.94 bits per heavy atom. The quantitative estimate of drug-likeness (QED) is 0.758. The Labute approximate surface area is 100 Å². The lowest BCUT2D eigenvalue weighted by Crippen LogP contribution is -2.03. The molecule has 0 amide bonds. The molecule has 0 aliphatic carbocycles. The molecular formula is C14H14O3. The van der Waals surface area contributed by atoms with E-state index >= 15 is 0 Å². The molecule has 0 spiro atoms. The van der Waals surface area contributed by atoms with Gasteiger partial charge in [-0.2, -0.15) is 0 Å². The van der Waals surface area contributed by atoms with E-state index in [1.807, 2.05) is 24.3 Å². The first-order valence-corrected chi connectivity index (χ1v) is 5.41. The molecule has 3 heteroatoms. The Morgan fingerprint density at radius 3 is 2.47 bits per heavy atom. The monoisotopic (exact) mass is 230 g/mol. The van der Waals surface area contributed by atoms with E-state index in [-0.39, 0.29) is 5.78 Å². The lowest BCUT2D eigenvalue weighted by molar-refractivity contribution is 0.0991. The Bertz CT molecular complexity index is 509. The summed E-state index contributed by atoms with van der Waals surface area (Å²) < 4.78 is 10.2. The van der Waals surface area contributed by atoms with Crippen LogP contribution in [0.4, 0.5) is 0 Å². The Balaban J connectivity index is 2.10. The molecule has 0 fully saturated rings. The van der Waals surface area contributed by atoms with Gasteiger partial charge in [0.1, 0.15) is 11.5 Å². The average Bonchev–Trinajstić information content (AvgIpc) is 2.76. The maximum atomic E-state index is 12.0.